The van der Waals surface area contributed by atoms with Gasteiger partial charge in [-0.05, 0) is 61.9 Å². The number of furan rings is 1. The maximum Gasteiger partial charge on any atom is 0.290 e. The number of hydrogen-bond acceptors (Lipinski definition) is 4. The summed E-state index contributed by atoms with van der Waals surface area (Å²) in [6, 6.07) is 12.6. The first-order valence-corrected chi connectivity index (χ1v) is 9.52. The predicted octanol–water partition coefficient (Wildman–Crippen LogP) is 5.28. The molecule has 0 fully saturated rings. The number of aryl methyl sites for hydroxylation is 2. The molecule has 0 unspecified atom stereocenters. The fourth-order valence-electron chi connectivity index (χ4n) is 2.97. The minimum atomic E-state index is -0.355. The average Bonchev–Trinajstić information content (AvgIpc) is 3.27. The van der Waals surface area contributed by atoms with Crippen molar-refractivity contribution in [3.63, 3.8) is 0 Å². The highest BCUT2D eigenvalue weighted by Gasteiger charge is 2.16. The van der Waals surface area contributed by atoms with Crippen molar-refractivity contribution in [3.05, 3.63) is 81.4 Å². The SMILES string of the molecule is Cc1ccn2c(C(=O)N/N=C/c3ccc(-c4ccc(Cl)c(Cl)c4)o3)c(C)nc2c1. The van der Waals surface area contributed by atoms with Gasteiger partial charge in [0.2, 0.25) is 0 Å². The number of benzene rings is 1. The predicted molar refractivity (Wildman–Crippen MR) is 114 cm³/mol. The Morgan fingerprint density at radius 2 is 1.97 bits per heavy atom. The summed E-state index contributed by atoms with van der Waals surface area (Å²) in [7, 11) is 0. The van der Waals surface area contributed by atoms with Crippen LogP contribution in [0.2, 0.25) is 10.0 Å². The van der Waals surface area contributed by atoms with Gasteiger partial charge in [0, 0.05) is 11.8 Å². The molecule has 0 aliphatic rings. The summed E-state index contributed by atoms with van der Waals surface area (Å²) < 4.78 is 7.46. The lowest BCUT2D eigenvalue weighted by molar-refractivity contribution is 0.0948. The molecule has 0 saturated heterocycles. The molecule has 0 atom stereocenters. The Hall–Kier alpha value is -3.09. The summed E-state index contributed by atoms with van der Waals surface area (Å²) in [5.41, 5.74) is 6.16. The lowest BCUT2D eigenvalue weighted by Gasteiger charge is -2.02. The number of nitrogens with zero attached hydrogens (tertiary/aromatic N) is 3. The number of amides is 1. The smallest absolute Gasteiger partial charge is 0.290 e. The molecule has 1 aromatic carbocycles. The van der Waals surface area contributed by atoms with Crippen LogP contribution in [0.4, 0.5) is 0 Å². The third-order valence-electron chi connectivity index (χ3n) is 4.36. The van der Waals surface area contributed by atoms with E-state index >= 15 is 0 Å². The number of imidazole rings is 1. The molecule has 0 radical (unpaired) electrons. The molecule has 4 aromatic rings. The van der Waals surface area contributed by atoms with E-state index in [1.807, 2.05) is 31.3 Å². The van der Waals surface area contributed by atoms with Crippen molar-refractivity contribution in [1.29, 1.82) is 0 Å². The normalized spacial score (nSPS) is 11.4. The van der Waals surface area contributed by atoms with Crippen LogP contribution < -0.4 is 5.43 Å². The summed E-state index contributed by atoms with van der Waals surface area (Å²) in [5, 5.41) is 4.92. The van der Waals surface area contributed by atoms with Gasteiger partial charge in [0.15, 0.2) is 0 Å². The molecule has 0 aliphatic heterocycles. The summed E-state index contributed by atoms with van der Waals surface area (Å²) in [4.78, 5) is 17.0. The highest BCUT2D eigenvalue weighted by molar-refractivity contribution is 6.42. The number of hydrogen-bond donors (Lipinski definition) is 1. The van der Waals surface area contributed by atoms with Crippen LogP contribution in [0.5, 0.6) is 0 Å². The summed E-state index contributed by atoms with van der Waals surface area (Å²) in [6.45, 7) is 3.76. The van der Waals surface area contributed by atoms with Crippen LogP contribution in [0, 0.1) is 13.8 Å². The highest BCUT2D eigenvalue weighted by atomic mass is 35.5. The first-order chi connectivity index (χ1) is 13.9. The van der Waals surface area contributed by atoms with Crippen LogP contribution in [-0.2, 0) is 0 Å². The van der Waals surface area contributed by atoms with Crippen molar-refractivity contribution in [2.24, 2.45) is 5.10 Å². The maximum atomic E-state index is 12.6. The van der Waals surface area contributed by atoms with Gasteiger partial charge >= 0.3 is 0 Å². The molecule has 0 saturated carbocycles. The zero-order valence-corrected chi connectivity index (χ0v) is 17.1. The van der Waals surface area contributed by atoms with Crippen molar-refractivity contribution >= 4 is 41.0 Å². The van der Waals surface area contributed by atoms with Gasteiger partial charge in [-0.15, -0.1) is 0 Å². The molecule has 4 rings (SSSR count). The van der Waals surface area contributed by atoms with Crippen LogP contribution in [0.3, 0.4) is 0 Å². The summed E-state index contributed by atoms with van der Waals surface area (Å²) >= 11 is 12.0. The van der Waals surface area contributed by atoms with Gasteiger partial charge in [-0.1, -0.05) is 23.2 Å². The van der Waals surface area contributed by atoms with Crippen LogP contribution in [-0.4, -0.2) is 21.5 Å². The molecule has 146 valence electrons. The van der Waals surface area contributed by atoms with E-state index in [0.29, 0.717) is 38.6 Å². The van der Waals surface area contributed by atoms with Crippen LogP contribution in [0.25, 0.3) is 17.0 Å². The van der Waals surface area contributed by atoms with Crippen LogP contribution in [0.1, 0.15) is 27.5 Å². The Balaban J connectivity index is 1.50. The molecule has 8 heteroatoms. The molecular weight excluding hydrogens is 411 g/mol. The van der Waals surface area contributed by atoms with E-state index in [2.05, 4.69) is 15.5 Å². The third kappa shape index (κ3) is 3.90. The van der Waals surface area contributed by atoms with Crippen molar-refractivity contribution < 1.29 is 9.21 Å². The van der Waals surface area contributed by atoms with Gasteiger partial charge in [-0.25, -0.2) is 10.4 Å². The molecule has 0 spiro atoms. The number of halogens is 2. The van der Waals surface area contributed by atoms with Gasteiger partial charge in [0.05, 0.1) is 22.0 Å². The Bertz CT molecular complexity index is 1260. The number of carbonyl (C=O) groups excluding carboxylic acids is 1. The lowest BCUT2D eigenvalue weighted by Crippen LogP contribution is -2.20. The van der Waals surface area contributed by atoms with E-state index in [1.54, 1.807) is 35.6 Å². The quantitative estimate of drug-likeness (QED) is 0.356. The number of rotatable bonds is 4. The van der Waals surface area contributed by atoms with Gasteiger partial charge < -0.3 is 4.42 Å². The molecule has 1 amide bonds. The maximum absolute atomic E-state index is 12.6. The van der Waals surface area contributed by atoms with Gasteiger partial charge in [0.25, 0.3) is 5.91 Å². The first kappa shape index (κ1) is 19.2. The topological polar surface area (TPSA) is 71.9 Å². The number of fused-ring (bicyclic) bond motifs is 1. The van der Waals surface area contributed by atoms with Gasteiger partial charge in [-0.3, -0.25) is 9.20 Å². The van der Waals surface area contributed by atoms with E-state index in [1.165, 1.54) is 6.21 Å². The van der Waals surface area contributed by atoms with Crippen molar-refractivity contribution in [3.8, 4) is 11.3 Å². The summed E-state index contributed by atoms with van der Waals surface area (Å²) in [6.07, 6.45) is 3.25. The molecule has 3 aromatic heterocycles. The molecule has 0 aliphatic carbocycles. The van der Waals surface area contributed by atoms with Gasteiger partial charge in [0.1, 0.15) is 22.9 Å². The fourth-order valence-corrected chi connectivity index (χ4v) is 3.27. The zero-order chi connectivity index (χ0) is 20.5. The van der Waals surface area contributed by atoms with Gasteiger partial charge in [-0.2, -0.15) is 5.10 Å². The number of pyridine rings is 1. The third-order valence-corrected chi connectivity index (χ3v) is 5.10. The second-order valence-corrected chi connectivity index (χ2v) is 7.32. The van der Waals surface area contributed by atoms with E-state index in [0.717, 1.165) is 11.1 Å². The number of aromatic nitrogens is 2. The van der Waals surface area contributed by atoms with Crippen LogP contribution >= 0.6 is 23.2 Å². The Morgan fingerprint density at radius 3 is 2.76 bits per heavy atom. The Morgan fingerprint density at radius 1 is 1.14 bits per heavy atom. The monoisotopic (exact) mass is 426 g/mol. The van der Waals surface area contributed by atoms with Crippen molar-refractivity contribution in [2.75, 3.05) is 0 Å². The van der Waals surface area contributed by atoms with E-state index in [4.69, 9.17) is 27.6 Å². The standard InChI is InChI=1S/C21H16Cl2N4O2/c1-12-7-8-27-19(9-12)25-13(2)20(27)21(28)26-24-11-15-4-6-18(29-15)14-3-5-16(22)17(23)10-14/h3-11H,1-2H3,(H,26,28)/b24-11+. The minimum absolute atomic E-state index is 0.355. The fraction of sp³-hybridized carbons (Fsp3) is 0.0952. The summed E-state index contributed by atoms with van der Waals surface area (Å²) in [5.74, 6) is 0.743. The second-order valence-electron chi connectivity index (χ2n) is 6.51. The Labute approximate surface area is 176 Å². The van der Waals surface area contributed by atoms with E-state index < -0.39 is 0 Å². The zero-order valence-electron chi connectivity index (χ0n) is 15.6. The lowest BCUT2D eigenvalue weighted by atomic mass is 10.2. The van der Waals surface area contributed by atoms with E-state index in [-0.39, 0.29) is 5.91 Å². The number of carbonyl (C=O) groups is 1. The number of nitrogens with one attached hydrogen (secondary N) is 1. The van der Waals surface area contributed by atoms with Crippen molar-refractivity contribution in [1.82, 2.24) is 14.8 Å². The minimum Gasteiger partial charge on any atom is -0.455 e. The highest BCUT2D eigenvalue weighted by Crippen LogP contribution is 2.29. The van der Waals surface area contributed by atoms with Crippen LogP contribution in [0.15, 0.2) is 58.2 Å². The Kier molecular flexibility index (Phi) is 5.13. The average molecular weight is 427 g/mol. The first-order valence-electron chi connectivity index (χ1n) is 8.76. The molecule has 29 heavy (non-hydrogen) atoms. The van der Waals surface area contributed by atoms with Crippen molar-refractivity contribution in [2.45, 2.75) is 13.8 Å². The molecule has 0 bridgehead atoms. The number of hydrazone groups is 1. The molecular formula is C21H16Cl2N4O2. The molecule has 6 nitrogen and oxygen atoms in total. The molecule has 1 N–H and O–H groups in total. The van der Waals surface area contributed by atoms with E-state index in [9.17, 15) is 4.79 Å². The largest absolute Gasteiger partial charge is 0.455 e. The second kappa shape index (κ2) is 7.73. The molecule has 3 heterocycles.